The number of benzene rings is 1. The van der Waals surface area contributed by atoms with E-state index in [0.29, 0.717) is 6.42 Å². The Morgan fingerprint density at radius 1 is 1.47 bits per heavy atom. The molecule has 0 aromatic heterocycles. The van der Waals surface area contributed by atoms with Gasteiger partial charge in [0.25, 0.3) is 0 Å². The van der Waals surface area contributed by atoms with E-state index < -0.39 is 0 Å². The summed E-state index contributed by atoms with van der Waals surface area (Å²) >= 11 is 0. The van der Waals surface area contributed by atoms with Crippen LogP contribution in [-0.4, -0.2) is 0 Å². The lowest BCUT2D eigenvalue weighted by Gasteiger charge is -1.98. The van der Waals surface area contributed by atoms with Crippen molar-refractivity contribution in [2.75, 3.05) is 0 Å². The molecular formula is C14H17F. The second kappa shape index (κ2) is 6.21. The number of hydrogen-bond donors (Lipinski definition) is 0. The van der Waals surface area contributed by atoms with Gasteiger partial charge in [-0.1, -0.05) is 42.5 Å². The first kappa shape index (κ1) is 11.7. The van der Waals surface area contributed by atoms with Crippen LogP contribution in [0.5, 0.6) is 0 Å². The fourth-order valence-electron chi connectivity index (χ4n) is 1.39. The maximum absolute atomic E-state index is 12.7. The van der Waals surface area contributed by atoms with Crippen molar-refractivity contribution in [3.63, 3.8) is 0 Å². The highest BCUT2D eigenvalue weighted by atomic mass is 19.1. The van der Waals surface area contributed by atoms with Gasteiger partial charge in [0, 0.05) is 6.42 Å². The molecule has 15 heavy (non-hydrogen) atoms. The normalized spacial score (nSPS) is 9.53. The Hall–Kier alpha value is -1.33. The molecule has 1 aromatic rings. The van der Waals surface area contributed by atoms with Crippen LogP contribution in [-0.2, 0) is 6.42 Å². The van der Waals surface area contributed by atoms with Crippen molar-refractivity contribution in [2.45, 2.75) is 33.1 Å². The SMILES string of the molecule is CCC(F)=C=CCCc1cccc(C)c1. The molecule has 0 unspecified atom stereocenters. The fourth-order valence-corrected chi connectivity index (χ4v) is 1.39. The van der Waals surface area contributed by atoms with Gasteiger partial charge in [-0.25, -0.2) is 4.39 Å². The largest absolute Gasteiger partial charge is 0.203 e. The number of rotatable bonds is 4. The van der Waals surface area contributed by atoms with E-state index >= 15 is 0 Å². The van der Waals surface area contributed by atoms with E-state index in [1.165, 1.54) is 11.1 Å². The van der Waals surface area contributed by atoms with Gasteiger partial charge in [0.1, 0.15) is 5.83 Å². The Kier molecular flexibility index (Phi) is 4.86. The van der Waals surface area contributed by atoms with Crippen molar-refractivity contribution in [2.24, 2.45) is 0 Å². The molecule has 0 aliphatic heterocycles. The van der Waals surface area contributed by atoms with Gasteiger partial charge in [-0.05, 0) is 31.4 Å². The molecule has 0 aliphatic carbocycles. The predicted molar refractivity (Wildman–Crippen MR) is 62.5 cm³/mol. The summed E-state index contributed by atoms with van der Waals surface area (Å²) in [4.78, 5) is 0. The Morgan fingerprint density at radius 3 is 2.93 bits per heavy atom. The Morgan fingerprint density at radius 2 is 2.27 bits per heavy atom. The second-order valence-electron chi connectivity index (χ2n) is 3.63. The quantitative estimate of drug-likeness (QED) is 0.640. The number of aryl methyl sites for hydroxylation is 2. The minimum atomic E-state index is -0.167. The number of halogens is 1. The van der Waals surface area contributed by atoms with E-state index in [1.807, 2.05) is 0 Å². The smallest absolute Gasteiger partial charge is 0.141 e. The number of allylic oxidation sites excluding steroid dienone is 1. The van der Waals surface area contributed by atoms with Crippen LogP contribution in [0, 0.1) is 6.92 Å². The van der Waals surface area contributed by atoms with Gasteiger partial charge < -0.3 is 0 Å². The Labute approximate surface area is 91.1 Å². The maximum Gasteiger partial charge on any atom is 0.141 e. The monoisotopic (exact) mass is 204 g/mol. The molecule has 0 heterocycles. The minimum absolute atomic E-state index is 0.167. The second-order valence-corrected chi connectivity index (χ2v) is 3.63. The lowest BCUT2D eigenvalue weighted by Crippen LogP contribution is -1.83. The number of hydrogen-bond acceptors (Lipinski definition) is 0. The van der Waals surface area contributed by atoms with Crippen molar-refractivity contribution in [1.82, 2.24) is 0 Å². The molecule has 1 rings (SSSR count). The molecule has 0 bridgehead atoms. The van der Waals surface area contributed by atoms with Crippen molar-refractivity contribution in [1.29, 1.82) is 0 Å². The van der Waals surface area contributed by atoms with Crippen molar-refractivity contribution in [3.8, 4) is 0 Å². The zero-order chi connectivity index (χ0) is 11.1. The van der Waals surface area contributed by atoms with Crippen LogP contribution in [0.25, 0.3) is 0 Å². The van der Waals surface area contributed by atoms with Crippen molar-refractivity contribution < 1.29 is 4.39 Å². The van der Waals surface area contributed by atoms with E-state index in [4.69, 9.17) is 0 Å². The first-order valence-electron chi connectivity index (χ1n) is 5.37. The molecule has 80 valence electrons. The molecule has 0 aliphatic rings. The average molecular weight is 204 g/mol. The molecule has 0 N–H and O–H groups in total. The molecule has 0 fully saturated rings. The topological polar surface area (TPSA) is 0 Å². The van der Waals surface area contributed by atoms with Crippen molar-refractivity contribution >= 4 is 0 Å². The van der Waals surface area contributed by atoms with Crippen LogP contribution < -0.4 is 0 Å². The minimum Gasteiger partial charge on any atom is -0.203 e. The summed E-state index contributed by atoms with van der Waals surface area (Å²) in [5.41, 5.74) is 5.21. The van der Waals surface area contributed by atoms with Gasteiger partial charge in [-0.3, -0.25) is 0 Å². The summed E-state index contributed by atoms with van der Waals surface area (Å²) in [6, 6.07) is 8.39. The van der Waals surface area contributed by atoms with E-state index in [9.17, 15) is 4.39 Å². The maximum atomic E-state index is 12.7. The van der Waals surface area contributed by atoms with Crippen molar-refractivity contribution in [3.05, 3.63) is 53.0 Å². The summed E-state index contributed by atoms with van der Waals surface area (Å²) in [7, 11) is 0. The molecule has 0 nitrogen and oxygen atoms in total. The third-order valence-corrected chi connectivity index (χ3v) is 2.23. The van der Waals surface area contributed by atoms with Gasteiger partial charge in [0.05, 0.1) is 0 Å². The van der Waals surface area contributed by atoms with Crippen LogP contribution in [0.3, 0.4) is 0 Å². The summed E-state index contributed by atoms with van der Waals surface area (Å²) in [6.07, 6.45) is 4.00. The van der Waals surface area contributed by atoms with Crippen LogP contribution in [0.2, 0.25) is 0 Å². The van der Waals surface area contributed by atoms with Crippen LogP contribution in [0.15, 0.2) is 41.9 Å². The highest BCUT2D eigenvalue weighted by Crippen LogP contribution is 2.07. The molecule has 0 spiro atoms. The van der Waals surface area contributed by atoms with Gasteiger partial charge in [0.2, 0.25) is 0 Å². The molecule has 0 radical (unpaired) electrons. The van der Waals surface area contributed by atoms with E-state index in [1.54, 1.807) is 13.0 Å². The van der Waals surface area contributed by atoms with Gasteiger partial charge in [-0.15, -0.1) is 0 Å². The molecule has 0 saturated carbocycles. The predicted octanol–water partition coefficient (Wildman–Crippen LogP) is 4.35. The third-order valence-electron chi connectivity index (χ3n) is 2.23. The average Bonchev–Trinajstić information content (AvgIpc) is 2.24. The van der Waals surface area contributed by atoms with E-state index in [2.05, 4.69) is 36.9 Å². The summed E-state index contributed by atoms with van der Waals surface area (Å²) < 4.78 is 12.7. The highest BCUT2D eigenvalue weighted by Gasteiger charge is 1.91. The van der Waals surface area contributed by atoms with E-state index in [0.717, 1.165) is 12.8 Å². The third kappa shape index (κ3) is 4.62. The first-order valence-corrected chi connectivity index (χ1v) is 5.37. The standard InChI is InChI=1S/C14H17F/c1-3-14(15)10-5-4-8-13-9-6-7-12(2)11-13/h5-7,9,11H,3-4,8H2,1-2H3. The zero-order valence-corrected chi connectivity index (χ0v) is 9.39. The van der Waals surface area contributed by atoms with E-state index in [-0.39, 0.29) is 5.83 Å². The Bertz CT molecular complexity index is 371. The Balaban J connectivity index is 2.48. The highest BCUT2D eigenvalue weighted by molar-refractivity contribution is 5.22. The zero-order valence-electron chi connectivity index (χ0n) is 9.39. The fraction of sp³-hybridized carbons (Fsp3) is 0.357. The van der Waals surface area contributed by atoms with Crippen LogP contribution >= 0.6 is 0 Å². The van der Waals surface area contributed by atoms with Crippen LogP contribution in [0.1, 0.15) is 30.9 Å². The molecule has 0 saturated heterocycles. The van der Waals surface area contributed by atoms with Gasteiger partial charge in [0.15, 0.2) is 0 Å². The lowest BCUT2D eigenvalue weighted by atomic mass is 10.1. The van der Waals surface area contributed by atoms with Gasteiger partial charge in [-0.2, -0.15) is 0 Å². The summed E-state index contributed by atoms with van der Waals surface area (Å²) in [5.74, 6) is -0.167. The lowest BCUT2D eigenvalue weighted by molar-refractivity contribution is 0.606. The summed E-state index contributed by atoms with van der Waals surface area (Å²) in [6.45, 7) is 3.87. The molecule has 0 atom stereocenters. The molecule has 1 heteroatoms. The molecule has 0 amide bonds. The molecular weight excluding hydrogens is 187 g/mol. The summed E-state index contributed by atoms with van der Waals surface area (Å²) in [5, 5.41) is 0. The first-order chi connectivity index (χ1) is 7.22. The van der Waals surface area contributed by atoms with Gasteiger partial charge >= 0.3 is 0 Å². The van der Waals surface area contributed by atoms with Crippen LogP contribution in [0.4, 0.5) is 4.39 Å². The molecule has 1 aromatic carbocycles.